The SMILES string of the molecule is NS(=O)(=O)CCCCCCN(CCCN1CCOCC1)C(=S)N(c1ccncc1)C1CCCC1. The van der Waals surface area contributed by atoms with E-state index in [1.807, 2.05) is 12.4 Å². The Labute approximate surface area is 210 Å². The highest BCUT2D eigenvalue weighted by atomic mass is 32.2. The minimum Gasteiger partial charge on any atom is -0.379 e. The molecular weight excluding hydrogens is 470 g/mol. The number of primary sulfonamides is 1. The Hall–Kier alpha value is -1.33. The third-order valence-electron chi connectivity index (χ3n) is 6.72. The number of hydrogen-bond donors (Lipinski definition) is 1. The smallest absolute Gasteiger partial charge is 0.209 e. The molecule has 34 heavy (non-hydrogen) atoms. The Kier molecular flexibility index (Phi) is 11.5. The van der Waals surface area contributed by atoms with Gasteiger partial charge in [0.1, 0.15) is 0 Å². The fourth-order valence-corrected chi connectivity index (χ4v) is 5.91. The molecule has 2 N–H and O–H groups in total. The summed E-state index contributed by atoms with van der Waals surface area (Å²) in [5, 5.41) is 6.03. The van der Waals surface area contributed by atoms with Gasteiger partial charge >= 0.3 is 0 Å². The topological polar surface area (TPSA) is 92.0 Å². The number of hydrogen-bond acceptors (Lipinski definition) is 6. The van der Waals surface area contributed by atoms with E-state index in [1.165, 1.54) is 12.8 Å². The average Bonchev–Trinajstić information content (AvgIpc) is 3.35. The zero-order valence-corrected chi connectivity index (χ0v) is 21.9. The van der Waals surface area contributed by atoms with Crippen molar-refractivity contribution in [3.8, 4) is 0 Å². The van der Waals surface area contributed by atoms with Crippen molar-refractivity contribution in [2.45, 2.75) is 63.8 Å². The van der Waals surface area contributed by atoms with E-state index in [0.717, 1.165) is 95.3 Å². The number of rotatable bonds is 13. The van der Waals surface area contributed by atoms with Crippen molar-refractivity contribution in [1.29, 1.82) is 0 Å². The second-order valence-corrected chi connectivity index (χ2v) is 11.5. The first kappa shape index (κ1) is 27.3. The van der Waals surface area contributed by atoms with Crippen molar-refractivity contribution in [1.82, 2.24) is 14.8 Å². The lowest BCUT2D eigenvalue weighted by Gasteiger charge is -2.38. The van der Waals surface area contributed by atoms with Gasteiger partial charge in [-0.05, 0) is 56.5 Å². The first-order valence-electron chi connectivity index (χ1n) is 12.7. The maximum atomic E-state index is 11.2. The second-order valence-electron chi connectivity index (χ2n) is 9.37. The van der Waals surface area contributed by atoms with Crippen LogP contribution in [0.2, 0.25) is 0 Å². The number of nitrogens with zero attached hydrogens (tertiary/aromatic N) is 4. The van der Waals surface area contributed by atoms with Crippen molar-refractivity contribution in [3.05, 3.63) is 24.5 Å². The van der Waals surface area contributed by atoms with Gasteiger partial charge in [-0.15, -0.1) is 0 Å². The summed E-state index contributed by atoms with van der Waals surface area (Å²) in [5.74, 6) is 0.0617. The number of aromatic nitrogens is 1. The van der Waals surface area contributed by atoms with Crippen LogP contribution >= 0.6 is 12.2 Å². The molecule has 2 aliphatic rings. The second kappa shape index (κ2) is 14.3. The van der Waals surface area contributed by atoms with Gasteiger partial charge in [-0.3, -0.25) is 9.88 Å². The summed E-state index contributed by atoms with van der Waals surface area (Å²) in [4.78, 5) is 11.4. The van der Waals surface area contributed by atoms with E-state index in [-0.39, 0.29) is 5.75 Å². The van der Waals surface area contributed by atoms with Crippen molar-refractivity contribution >= 4 is 33.0 Å². The van der Waals surface area contributed by atoms with Crippen LogP contribution in [0.4, 0.5) is 5.69 Å². The van der Waals surface area contributed by atoms with Crippen molar-refractivity contribution in [3.63, 3.8) is 0 Å². The summed E-state index contributed by atoms with van der Waals surface area (Å²) in [5.41, 5.74) is 1.12. The highest BCUT2D eigenvalue weighted by Crippen LogP contribution is 2.29. The zero-order valence-electron chi connectivity index (χ0n) is 20.3. The minimum atomic E-state index is -3.37. The van der Waals surface area contributed by atoms with Gasteiger partial charge in [-0.2, -0.15) is 0 Å². The molecule has 10 heteroatoms. The Balaban J connectivity index is 1.61. The minimum absolute atomic E-state index is 0.0617. The van der Waals surface area contributed by atoms with Crippen LogP contribution in [-0.2, 0) is 14.8 Å². The summed E-state index contributed by atoms with van der Waals surface area (Å²) < 4.78 is 27.8. The Morgan fingerprint density at radius 3 is 2.38 bits per heavy atom. The summed E-state index contributed by atoms with van der Waals surface area (Å²) in [6.07, 6.45) is 13.0. The maximum Gasteiger partial charge on any atom is 0.209 e. The van der Waals surface area contributed by atoms with E-state index in [0.29, 0.717) is 12.5 Å². The fraction of sp³-hybridized carbons (Fsp3) is 0.750. The number of nitrogens with two attached hydrogens (primary N) is 1. The lowest BCUT2D eigenvalue weighted by atomic mass is 10.1. The van der Waals surface area contributed by atoms with Crippen molar-refractivity contribution < 1.29 is 13.2 Å². The van der Waals surface area contributed by atoms with E-state index in [4.69, 9.17) is 22.1 Å². The van der Waals surface area contributed by atoms with Gasteiger partial charge in [0, 0.05) is 56.8 Å². The quantitative estimate of drug-likeness (QED) is 0.319. The molecule has 1 aliphatic carbocycles. The Morgan fingerprint density at radius 1 is 1.06 bits per heavy atom. The van der Waals surface area contributed by atoms with Crippen LogP contribution in [0.3, 0.4) is 0 Å². The van der Waals surface area contributed by atoms with Gasteiger partial charge in [-0.25, -0.2) is 13.6 Å². The van der Waals surface area contributed by atoms with E-state index in [9.17, 15) is 8.42 Å². The lowest BCUT2D eigenvalue weighted by Crippen LogP contribution is -2.49. The molecular formula is C24H41N5O3S2. The predicted molar refractivity (Wildman–Crippen MR) is 141 cm³/mol. The molecule has 1 aromatic heterocycles. The molecule has 3 rings (SSSR count). The average molecular weight is 512 g/mol. The zero-order chi connectivity index (χ0) is 24.2. The number of morpholine rings is 1. The molecule has 2 fully saturated rings. The molecule has 0 bridgehead atoms. The molecule has 0 atom stereocenters. The van der Waals surface area contributed by atoms with Gasteiger partial charge < -0.3 is 14.5 Å². The van der Waals surface area contributed by atoms with Crippen LogP contribution in [0.15, 0.2) is 24.5 Å². The predicted octanol–water partition coefficient (Wildman–Crippen LogP) is 2.99. The molecule has 1 saturated carbocycles. The van der Waals surface area contributed by atoms with Crippen LogP contribution < -0.4 is 10.0 Å². The van der Waals surface area contributed by atoms with Crippen LogP contribution in [0.1, 0.15) is 57.8 Å². The number of unbranched alkanes of at least 4 members (excludes halogenated alkanes) is 3. The number of thiocarbonyl (C=S) groups is 1. The molecule has 2 heterocycles. The van der Waals surface area contributed by atoms with Crippen molar-refractivity contribution in [2.75, 3.05) is 56.6 Å². The molecule has 0 aromatic carbocycles. The highest BCUT2D eigenvalue weighted by Gasteiger charge is 2.28. The van der Waals surface area contributed by atoms with Crippen LogP contribution in [0, 0.1) is 0 Å². The molecule has 1 aliphatic heterocycles. The summed E-state index contributed by atoms with van der Waals surface area (Å²) in [7, 11) is -3.37. The third-order valence-corrected chi connectivity index (χ3v) is 8.03. The van der Waals surface area contributed by atoms with Gasteiger partial charge in [0.2, 0.25) is 10.0 Å². The standard InChI is InChI=1S/C24H41N5O3S2/c25-34(30,31)21-6-2-1-5-15-28(16-7-14-27-17-19-32-20-18-27)24(33)29(22-8-3-4-9-22)23-10-12-26-13-11-23/h10-13,22H,1-9,14-21H2,(H2,25,30,31). The molecule has 8 nitrogen and oxygen atoms in total. The Bertz CT molecular complexity index is 828. The highest BCUT2D eigenvalue weighted by molar-refractivity contribution is 7.89. The van der Waals surface area contributed by atoms with Gasteiger partial charge in [0.25, 0.3) is 0 Å². The molecule has 0 unspecified atom stereocenters. The summed E-state index contributed by atoms with van der Waals surface area (Å²) >= 11 is 6.14. The number of sulfonamides is 1. The van der Waals surface area contributed by atoms with Gasteiger partial charge in [-0.1, -0.05) is 25.7 Å². The van der Waals surface area contributed by atoms with Gasteiger partial charge in [0.15, 0.2) is 5.11 Å². The number of pyridine rings is 1. The molecule has 0 spiro atoms. The fourth-order valence-electron chi connectivity index (χ4n) is 4.87. The van der Waals surface area contributed by atoms with E-state index < -0.39 is 10.0 Å². The molecule has 0 radical (unpaired) electrons. The number of anilines is 1. The van der Waals surface area contributed by atoms with Crippen molar-refractivity contribution in [2.24, 2.45) is 5.14 Å². The molecule has 192 valence electrons. The van der Waals surface area contributed by atoms with Crippen LogP contribution in [0.25, 0.3) is 0 Å². The summed E-state index contributed by atoms with van der Waals surface area (Å²) in [6, 6.07) is 4.56. The largest absolute Gasteiger partial charge is 0.379 e. The van der Waals surface area contributed by atoms with E-state index in [2.05, 4.69) is 31.8 Å². The molecule has 1 aromatic rings. The van der Waals surface area contributed by atoms with E-state index in [1.54, 1.807) is 0 Å². The number of ether oxygens (including phenoxy) is 1. The first-order chi connectivity index (χ1) is 16.4. The Morgan fingerprint density at radius 2 is 1.71 bits per heavy atom. The first-order valence-corrected chi connectivity index (χ1v) is 14.8. The van der Waals surface area contributed by atoms with E-state index >= 15 is 0 Å². The monoisotopic (exact) mass is 511 g/mol. The van der Waals surface area contributed by atoms with Gasteiger partial charge in [0.05, 0.1) is 19.0 Å². The summed E-state index contributed by atoms with van der Waals surface area (Å²) in [6.45, 7) is 6.48. The molecule has 0 amide bonds. The maximum absolute atomic E-state index is 11.2. The van der Waals surface area contributed by atoms with Crippen LogP contribution in [-0.4, -0.2) is 86.0 Å². The normalized spacial score (nSPS) is 17.7. The third kappa shape index (κ3) is 9.37. The lowest BCUT2D eigenvalue weighted by molar-refractivity contribution is 0.0368. The van der Waals surface area contributed by atoms with Crippen LogP contribution in [0.5, 0.6) is 0 Å². The molecule has 1 saturated heterocycles.